The van der Waals surface area contributed by atoms with Crippen molar-refractivity contribution in [1.29, 1.82) is 0 Å². The number of hydrogen-bond donors (Lipinski definition) is 0. The minimum atomic E-state index is 1.20. The van der Waals surface area contributed by atoms with E-state index in [4.69, 9.17) is 0 Å². The molecule has 0 saturated heterocycles. The van der Waals surface area contributed by atoms with Crippen molar-refractivity contribution < 1.29 is 0 Å². The highest BCUT2D eigenvalue weighted by molar-refractivity contribution is 5.99. The van der Waals surface area contributed by atoms with Gasteiger partial charge in [-0.3, -0.25) is 0 Å². The van der Waals surface area contributed by atoms with Gasteiger partial charge in [-0.15, -0.1) is 0 Å². The van der Waals surface area contributed by atoms with Crippen molar-refractivity contribution in [3.05, 3.63) is 107 Å². The van der Waals surface area contributed by atoms with Crippen molar-refractivity contribution in [2.45, 2.75) is 25.7 Å². The van der Waals surface area contributed by atoms with Crippen LogP contribution in [0.4, 0.5) is 0 Å². The van der Waals surface area contributed by atoms with E-state index in [1.807, 2.05) is 0 Å². The van der Waals surface area contributed by atoms with Crippen LogP contribution in [-0.2, 0) is 0 Å². The van der Waals surface area contributed by atoms with Crippen LogP contribution in [0.25, 0.3) is 22.3 Å². The van der Waals surface area contributed by atoms with Crippen molar-refractivity contribution in [3.8, 4) is 0 Å². The molecule has 2 aliphatic rings. The van der Waals surface area contributed by atoms with Crippen molar-refractivity contribution in [1.82, 2.24) is 0 Å². The summed E-state index contributed by atoms with van der Waals surface area (Å²) in [4.78, 5) is 0. The zero-order valence-corrected chi connectivity index (χ0v) is 14.9. The Bertz CT molecular complexity index is 902. The minimum absolute atomic E-state index is 1.20. The number of rotatable bonds is 4. The first kappa shape index (κ1) is 15.4. The van der Waals surface area contributed by atoms with Gasteiger partial charge in [0.05, 0.1) is 0 Å². The molecule has 5 rings (SSSR count). The summed E-state index contributed by atoms with van der Waals surface area (Å²) in [5.41, 5.74) is 11.6. The lowest BCUT2D eigenvalue weighted by Gasteiger charge is -2.27. The molecule has 3 aromatic rings. The highest BCUT2D eigenvalue weighted by Crippen LogP contribution is 2.44. The molecule has 0 heteroatoms. The van der Waals surface area contributed by atoms with Gasteiger partial charge in [0, 0.05) is 0 Å². The largest absolute Gasteiger partial charge is 0.0622 e. The minimum Gasteiger partial charge on any atom is -0.0622 e. The van der Waals surface area contributed by atoms with Crippen molar-refractivity contribution in [2.24, 2.45) is 0 Å². The number of hydrogen-bond acceptors (Lipinski definition) is 0. The Hall–Kier alpha value is -2.86. The Morgan fingerprint density at radius 1 is 0.308 bits per heavy atom. The molecular weight excluding hydrogens is 312 g/mol. The fourth-order valence-electron chi connectivity index (χ4n) is 4.18. The Morgan fingerprint density at radius 3 is 0.846 bits per heavy atom. The van der Waals surface area contributed by atoms with Gasteiger partial charge in [0.25, 0.3) is 0 Å². The molecule has 0 unspecified atom stereocenters. The van der Waals surface area contributed by atoms with Crippen molar-refractivity contribution >= 4 is 22.3 Å². The maximum Gasteiger partial charge on any atom is -0.0221 e. The Kier molecular flexibility index (Phi) is 3.83. The van der Waals surface area contributed by atoms with Crippen LogP contribution in [0.5, 0.6) is 0 Å². The SMILES string of the molecule is c1ccc(C2=C(c3ccc(C4=C(c5ccccc5)CC4)cc3)CC2)cc1. The molecule has 2 aliphatic carbocycles. The Balaban J connectivity index is 1.46. The Morgan fingerprint density at radius 2 is 0.577 bits per heavy atom. The van der Waals surface area contributed by atoms with E-state index in [1.165, 1.54) is 70.2 Å². The highest BCUT2D eigenvalue weighted by Gasteiger charge is 2.22. The molecular formula is C26H22. The van der Waals surface area contributed by atoms with Gasteiger partial charge in [-0.05, 0) is 70.2 Å². The van der Waals surface area contributed by atoms with Crippen LogP contribution >= 0.6 is 0 Å². The van der Waals surface area contributed by atoms with Crippen molar-refractivity contribution in [3.63, 3.8) is 0 Å². The third-order valence-electron chi connectivity index (χ3n) is 5.80. The van der Waals surface area contributed by atoms with Gasteiger partial charge >= 0.3 is 0 Å². The topological polar surface area (TPSA) is 0 Å². The normalized spacial score (nSPS) is 16.3. The molecule has 0 heterocycles. The lowest BCUT2D eigenvalue weighted by molar-refractivity contribution is 1.01. The second-order valence-electron chi connectivity index (χ2n) is 7.22. The van der Waals surface area contributed by atoms with Gasteiger partial charge in [0.1, 0.15) is 0 Å². The summed E-state index contributed by atoms with van der Waals surface area (Å²) >= 11 is 0. The third-order valence-corrected chi connectivity index (χ3v) is 5.80. The first-order valence-corrected chi connectivity index (χ1v) is 9.56. The van der Waals surface area contributed by atoms with E-state index in [-0.39, 0.29) is 0 Å². The van der Waals surface area contributed by atoms with Crippen LogP contribution in [0.15, 0.2) is 84.9 Å². The van der Waals surface area contributed by atoms with E-state index in [9.17, 15) is 0 Å². The molecule has 0 fully saturated rings. The average molecular weight is 334 g/mol. The summed E-state index contributed by atoms with van der Waals surface area (Å²) in [6.07, 6.45) is 4.79. The van der Waals surface area contributed by atoms with E-state index < -0.39 is 0 Å². The monoisotopic (exact) mass is 334 g/mol. The molecule has 3 aromatic carbocycles. The van der Waals surface area contributed by atoms with E-state index in [1.54, 1.807) is 0 Å². The van der Waals surface area contributed by atoms with Gasteiger partial charge in [-0.1, -0.05) is 84.9 Å². The molecule has 0 saturated carbocycles. The van der Waals surface area contributed by atoms with E-state index >= 15 is 0 Å². The summed E-state index contributed by atoms with van der Waals surface area (Å²) in [6.45, 7) is 0. The zero-order valence-electron chi connectivity index (χ0n) is 14.9. The molecule has 0 aliphatic heterocycles. The standard InChI is InChI=1S/C26H22/c1-3-7-19(8-4-1)23-15-17-25(23)21-11-13-22(14-12-21)26-18-16-24(26)20-9-5-2-6-10-20/h1-14H,15-18H2. The van der Waals surface area contributed by atoms with Gasteiger partial charge in [-0.25, -0.2) is 0 Å². The van der Waals surface area contributed by atoms with E-state index in [0.717, 1.165) is 0 Å². The first-order chi connectivity index (χ1) is 12.9. The molecule has 0 radical (unpaired) electrons. The molecule has 0 nitrogen and oxygen atoms in total. The molecule has 126 valence electrons. The summed E-state index contributed by atoms with van der Waals surface area (Å²) in [5.74, 6) is 0. The quantitative estimate of drug-likeness (QED) is 0.477. The molecule has 0 bridgehead atoms. The van der Waals surface area contributed by atoms with Crippen LogP contribution < -0.4 is 0 Å². The highest BCUT2D eigenvalue weighted by atomic mass is 14.3. The van der Waals surface area contributed by atoms with Gasteiger partial charge in [0.2, 0.25) is 0 Å². The fraction of sp³-hybridized carbons (Fsp3) is 0.154. The predicted molar refractivity (Wildman–Crippen MR) is 111 cm³/mol. The zero-order chi connectivity index (χ0) is 17.3. The van der Waals surface area contributed by atoms with E-state index in [0.29, 0.717) is 0 Å². The number of allylic oxidation sites excluding steroid dienone is 4. The van der Waals surface area contributed by atoms with Crippen LogP contribution in [0.2, 0.25) is 0 Å². The van der Waals surface area contributed by atoms with Crippen molar-refractivity contribution in [2.75, 3.05) is 0 Å². The van der Waals surface area contributed by atoms with Gasteiger partial charge in [-0.2, -0.15) is 0 Å². The molecule has 0 N–H and O–H groups in total. The molecule has 0 amide bonds. The molecule has 0 spiro atoms. The van der Waals surface area contributed by atoms with Crippen LogP contribution in [0, 0.1) is 0 Å². The predicted octanol–water partition coefficient (Wildman–Crippen LogP) is 7.10. The third kappa shape index (κ3) is 2.63. The van der Waals surface area contributed by atoms with E-state index in [2.05, 4.69) is 84.9 Å². The van der Waals surface area contributed by atoms with Crippen LogP contribution in [-0.4, -0.2) is 0 Å². The van der Waals surface area contributed by atoms with Crippen LogP contribution in [0.1, 0.15) is 47.9 Å². The smallest absolute Gasteiger partial charge is 0.0221 e. The molecule has 0 aromatic heterocycles. The fourth-order valence-corrected chi connectivity index (χ4v) is 4.18. The summed E-state index contributed by atoms with van der Waals surface area (Å²) in [7, 11) is 0. The second-order valence-corrected chi connectivity index (χ2v) is 7.22. The Labute approximate surface area is 155 Å². The molecule has 0 atom stereocenters. The lowest BCUT2D eigenvalue weighted by atomic mass is 9.78. The maximum absolute atomic E-state index is 2.32. The first-order valence-electron chi connectivity index (χ1n) is 9.56. The summed E-state index contributed by atoms with van der Waals surface area (Å²) < 4.78 is 0. The second kappa shape index (κ2) is 6.46. The average Bonchev–Trinajstić information content (AvgIpc) is 2.63. The maximum atomic E-state index is 2.32. The van der Waals surface area contributed by atoms with Gasteiger partial charge in [0.15, 0.2) is 0 Å². The molecule has 26 heavy (non-hydrogen) atoms. The summed E-state index contributed by atoms with van der Waals surface area (Å²) in [5, 5.41) is 0. The van der Waals surface area contributed by atoms with Crippen LogP contribution in [0.3, 0.4) is 0 Å². The van der Waals surface area contributed by atoms with Gasteiger partial charge < -0.3 is 0 Å². The summed E-state index contributed by atoms with van der Waals surface area (Å²) in [6, 6.07) is 30.9. The number of benzene rings is 3. The lowest BCUT2D eigenvalue weighted by Crippen LogP contribution is -2.04.